The van der Waals surface area contributed by atoms with Gasteiger partial charge in [0, 0.05) is 27.2 Å². The highest BCUT2D eigenvalue weighted by Gasteiger charge is 2.14. The number of benzene rings is 3. The van der Waals surface area contributed by atoms with E-state index < -0.39 is 0 Å². The first kappa shape index (κ1) is 15.9. The molecule has 1 N–H and O–H groups in total. The third-order valence-corrected chi connectivity index (χ3v) is 6.23. The molecule has 4 nitrogen and oxygen atoms in total. The van der Waals surface area contributed by atoms with E-state index in [9.17, 15) is 5.11 Å². The second-order valence-electron chi connectivity index (χ2n) is 7.17. The largest absolute Gasteiger partial charge is 0.506 e. The zero-order valence-electron chi connectivity index (χ0n) is 18.3. The maximum absolute atomic E-state index is 10.3. The number of para-hydroxylation sites is 2. The quantitative estimate of drug-likeness (QED) is 0.350. The first-order valence-corrected chi connectivity index (χ1v) is 10.6. The van der Waals surface area contributed by atoms with Crippen LogP contribution in [0.5, 0.6) is 5.75 Å². The number of rotatable bonds is 3. The lowest BCUT2D eigenvalue weighted by atomic mass is 10.2. The van der Waals surface area contributed by atoms with Crippen molar-refractivity contribution in [2.24, 2.45) is 0 Å². The molecule has 0 saturated carbocycles. The van der Waals surface area contributed by atoms with Crippen LogP contribution in [-0.4, -0.2) is 19.6 Å². The SMILES string of the molecule is [2H]c1cccc(-n2c3ccccc3c3ccc(Sc4ccc5ccc([2H])c(O)c5n4)cc32)n1. The maximum atomic E-state index is 10.3. The second-order valence-corrected chi connectivity index (χ2v) is 8.27. The van der Waals surface area contributed by atoms with Crippen LogP contribution in [0.25, 0.3) is 38.5 Å². The summed E-state index contributed by atoms with van der Waals surface area (Å²) in [7, 11) is 0. The van der Waals surface area contributed by atoms with Crippen molar-refractivity contribution in [1.29, 1.82) is 0 Å². The van der Waals surface area contributed by atoms with Gasteiger partial charge in [0.1, 0.15) is 22.1 Å². The number of aromatic hydroxyl groups is 1. The van der Waals surface area contributed by atoms with Gasteiger partial charge in [0.15, 0.2) is 0 Å². The Bertz CT molecular complexity index is 1700. The van der Waals surface area contributed by atoms with E-state index in [1.165, 1.54) is 11.8 Å². The summed E-state index contributed by atoms with van der Waals surface area (Å²) < 4.78 is 17.9. The number of phenols is 1. The standard InChI is InChI=1S/C26H17N3OS/c30-23-9-5-6-17-11-14-25(28-26(17)23)31-18-12-13-20-19-7-1-2-8-21(19)29(22(20)16-18)24-10-3-4-15-27-24/h1-16,30H/i9D,15D. The fourth-order valence-electron chi connectivity index (χ4n) is 3.94. The predicted octanol–water partition coefficient (Wildman–Crippen LogP) is 6.58. The minimum absolute atomic E-state index is 0.0622. The molecule has 3 aromatic carbocycles. The molecule has 0 amide bonds. The minimum Gasteiger partial charge on any atom is -0.506 e. The summed E-state index contributed by atoms with van der Waals surface area (Å²) in [5.74, 6) is 0.597. The van der Waals surface area contributed by atoms with Gasteiger partial charge in [0.25, 0.3) is 0 Å². The van der Waals surface area contributed by atoms with Gasteiger partial charge in [0.05, 0.1) is 13.8 Å². The van der Waals surface area contributed by atoms with Crippen molar-refractivity contribution >= 4 is 44.5 Å². The number of hydrogen-bond acceptors (Lipinski definition) is 4. The first-order chi connectivity index (χ1) is 16.1. The summed E-state index contributed by atoms with van der Waals surface area (Å²) in [5.41, 5.74) is 2.46. The van der Waals surface area contributed by atoms with Gasteiger partial charge < -0.3 is 5.11 Å². The Labute approximate surface area is 185 Å². The van der Waals surface area contributed by atoms with Gasteiger partial charge in [-0.3, -0.25) is 4.57 Å². The number of pyridine rings is 2. The van der Waals surface area contributed by atoms with E-state index in [-0.39, 0.29) is 18.0 Å². The summed E-state index contributed by atoms with van der Waals surface area (Å²) in [5, 5.41) is 14.0. The molecule has 0 aliphatic heterocycles. The van der Waals surface area contributed by atoms with E-state index in [1.807, 2.05) is 36.4 Å². The average Bonchev–Trinajstić information content (AvgIpc) is 3.15. The minimum atomic E-state index is -0.105. The van der Waals surface area contributed by atoms with Crippen molar-refractivity contribution in [3.8, 4) is 11.6 Å². The Kier molecular flexibility index (Phi) is 3.67. The number of aromatic nitrogens is 3. The molecule has 3 aromatic heterocycles. The van der Waals surface area contributed by atoms with Crippen molar-refractivity contribution in [3.05, 3.63) is 97.1 Å². The van der Waals surface area contributed by atoms with Crippen molar-refractivity contribution in [3.63, 3.8) is 0 Å². The lowest BCUT2D eigenvalue weighted by Gasteiger charge is -2.08. The Morgan fingerprint density at radius 1 is 0.839 bits per heavy atom. The van der Waals surface area contributed by atoms with Crippen molar-refractivity contribution in [1.82, 2.24) is 14.5 Å². The third kappa shape index (κ3) is 3.02. The highest BCUT2D eigenvalue weighted by Crippen LogP contribution is 2.36. The van der Waals surface area contributed by atoms with Gasteiger partial charge in [-0.1, -0.05) is 54.2 Å². The molecule has 0 unspecified atom stereocenters. The van der Waals surface area contributed by atoms with Crippen LogP contribution in [0.4, 0.5) is 0 Å². The zero-order chi connectivity index (χ0) is 22.5. The Morgan fingerprint density at radius 3 is 2.65 bits per heavy atom. The number of fused-ring (bicyclic) bond motifs is 4. The number of nitrogens with zero attached hydrogens (tertiary/aromatic N) is 3. The lowest BCUT2D eigenvalue weighted by molar-refractivity contribution is 0.480. The van der Waals surface area contributed by atoms with E-state index in [1.54, 1.807) is 18.2 Å². The number of hydrogen-bond donors (Lipinski definition) is 1. The molecule has 0 radical (unpaired) electrons. The fraction of sp³-hybridized carbons (Fsp3) is 0. The van der Waals surface area contributed by atoms with Crippen LogP contribution >= 0.6 is 11.8 Å². The van der Waals surface area contributed by atoms with E-state index in [0.717, 1.165) is 37.1 Å². The monoisotopic (exact) mass is 421 g/mol. The molecule has 0 atom stereocenters. The molecular weight excluding hydrogens is 402 g/mol. The summed E-state index contributed by atoms with van der Waals surface area (Å²) >= 11 is 1.49. The van der Waals surface area contributed by atoms with Crippen molar-refractivity contribution < 1.29 is 7.85 Å². The van der Waals surface area contributed by atoms with Gasteiger partial charge in [-0.25, -0.2) is 9.97 Å². The average molecular weight is 422 g/mol. The van der Waals surface area contributed by atoms with Crippen molar-refractivity contribution in [2.45, 2.75) is 9.92 Å². The molecule has 6 aromatic rings. The summed E-state index contributed by atoms with van der Waals surface area (Å²) in [6.07, 6.45) is 0.220. The van der Waals surface area contributed by atoms with Crippen molar-refractivity contribution in [2.75, 3.05) is 0 Å². The fourth-order valence-corrected chi connectivity index (χ4v) is 4.76. The molecule has 0 spiro atoms. The maximum Gasteiger partial charge on any atom is 0.141 e. The van der Waals surface area contributed by atoms with Crippen LogP contribution in [0.1, 0.15) is 2.74 Å². The molecule has 3 heterocycles. The third-order valence-electron chi connectivity index (χ3n) is 5.30. The molecule has 0 fully saturated rings. The molecule has 0 aliphatic rings. The molecule has 0 aliphatic carbocycles. The molecule has 0 bridgehead atoms. The first-order valence-electron chi connectivity index (χ1n) is 10.8. The lowest BCUT2D eigenvalue weighted by Crippen LogP contribution is -1.96. The van der Waals surface area contributed by atoms with Crippen LogP contribution in [0.3, 0.4) is 0 Å². The van der Waals surface area contributed by atoms with E-state index in [4.69, 9.17) is 2.74 Å². The van der Waals surface area contributed by atoms with E-state index in [2.05, 4.69) is 44.9 Å². The molecular formula is C26H17N3OS. The Morgan fingerprint density at radius 2 is 1.71 bits per heavy atom. The summed E-state index contributed by atoms with van der Waals surface area (Å²) in [6.45, 7) is 0. The highest BCUT2D eigenvalue weighted by atomic mass is 32.2. The molecule has 31 heavy (non-hydrogen) atoms. The van der Waals surface area contributed by atoms with Gasteiger partial charge in [-0.05, 0) is 48.5 Å². The molecule has 6 rings (SSSR count). The second kappa shape index (κ2) is 7.15. The van der Waals surface area contributed by atoms with Crippen LogP contribution in [0.2, 0.25) is 0 Å². The Balaban J connectivity index is 1.51. The van der Waals surface area contributed by atoms with Crippen LogP contribution in [-0.2, 0) is 0 Å². The van der Waals surface area contributed by atoms with Gasteiger partial charge >= 0.3 is 0 Å². The normalized spacial score (nSPS) is 12.4. The molecule has 5 heteroatoms. The topological polar surface area (TPSA) is 50.9 Å². The van der Waals surface area contributed by atoms with Crippen LogP contribution < -0.4 is 0 Å². The van der Waals surface area contributed by atoms with Gasteiger partial charge in [-0.15, -0.1) is 0 Å². The predicted molar refractivity (Wildman–Crippen MR) is 126 cm³/mol. The Hall–Kier alpha value is -3.83. The van der Waals surface area contributed by atoms with Crippen LogP contribution in [0, 0.1) is 0 Å². The summed E-state index contributed by atoms with van der Waals surface area (Å²) in [4.78, 5) is 10.0. The molecule has 148 valence electrons. The molecule has 0 saturated heterocycles. The highest BCUT2D eigenvalue weighted by molar-refractivity contribution is 7.99. The van der Waals surface area contributed by atoms with Gasteiger partial charge in [-0.2, -0.15) is 0 Å². The summed E-state index contributed by atoms with van der Waals surface area (Å²) in [6, 6.07) is 27.1. The van der Waals surface area contributed by atoms with E-state index >= 15 is 0 Å². The smallest absolute Gasteiger partial charge is 0.141 e. The van der Waals surface area contributed by atoms with Crippen LogP contribution in [0.15, 0.2) is 107 Å². The van der Waals surface area contributed by atoms with E-state index in [0.29, 0.717) is 11.3 Å². The van der Waals surface area contributed by atoms with Gasteiger partial charge in [0.2, 0.25) is 0 Å². The zero-order valence-corrected chi connectivity index (χ0v) is 17.1. The number of phenolic OH excluding ortho intramolecular Hbond substituents is 1.